The van der Waals surface area contributed by atoms with Gasteiger partial charge in [0.05, 0.1) is 6.54 Å². The van der Waals surface area contributed by atoms with Crippen LogP contribution in [0.4, 0.5) is 4.39 Å². The van der Waals surface area contributed by atoms with Gasteiger partial charge >= 0.3 is 0 Å². The minimum Gasteiger partial charge on any atom is -0.372 e. The molecule has 1 aliphatic rings. The molecular weight excluding hydrogens is 317 g/mol. The van der Waals surface area contributed by atoms with Crippen LogP contribution in [0.5, 0.6) is 0 Å². The fourth-order valence-electron chi connectivity index (χ4n) is 3.77. The van der Waals surface area contributed by atoms with E-state index in [0.717, 1.165) is 31.6 Å². The number of hydrogen-bond donors (Lipinski definition) is 1. The van der Waals surface area contributed by atoms with Gasteiger partial charge in [-0.3, -0.25) is 4.79 Å². The molecule has 2 rings (SSSR count). The molecule has 1 aliphatic carbocycles. The van der Waals surface area contributed by atoms with Crippen molar-refractivity contribution in [1.29, 1.82) is 0 Å². The minimum atomic E-state index is -0.862. The van der Waals surface area contributed by atoms with Crippen LogP contribution in [0, 0.1) is 17.7 Å². The van der Waals surface area contributed by atoms with Crippen LogP contribution in [0.3, 0.4) is 0 Å². The molecule has 1 amide bonds. The topological polar surface area (TPSA) is 38.3 Å². The molecule has 1 atom stereocenters. The molecule has 0 bridgehead atoms. The Morgan fingerprint density at radius 3 is 2.56 bits per heavy atom. The van der Waals surface area contributed by atoms with E-state index in [1.807, 2.05) is 6.92 Å². The van der Waals surface area contributed by atoms with Crippen molar-refractivity contribution < 1.29 is 13.9 Å². The number of methoxy groups -OCH3 is 1. The number of unbranched alkanes of at least 4 members (excludes halogenated alkanes) is 1. The maximum atomic E-state index is 14.1. The summed E-state index contributed by atoms with van der Waals surface area (Å²) >= 11 is 0. The van der Waals surface area contributed by atoms with E-state index in [1.165, 1.54) is 25.3 Å². The Morgan fingerprint density at radius 2 is 1.96 bits per heavy atom. The first-order chi connectivity index (χ1) is 12.0. The number of rotatable bonds is 8. The second kappa shape index (κ2) is 9.33. The van der Waals surface area contributed by atoms with Crippen molar-refractivity contribution in [2.75, 3.05) is 13.7 Å². The zero-order valence-electron chi connectivity index (χ0n) is 15.8. The van der Waals surface area contributed by atoms with Gasteiger partial charge in [0.2, 0.25) is 5.91 Å². The van der Waals surface area contributed by atoms with Gasteiger partial charge in [-0.1, -0.05) is 44.4 Å². The summed E-state index contributed by atoms with van der Waals surface area (Å²) in [5.41, 5.74) is -0.389. The number of carbonyl (C=O) groups is 1. The summed E-state index contributed by atoms with van der Waals surface area (Å²) in [6.07, 6.45) is 8.04. The van der Waals surface area contributed by atoms with Gasteiger partial charge in [0.1, 0.15) is 11.4 Å². The van der Waals surface area contributed by atoms with Crippen molar-refractivity contribution in [1.82, 2.24) is 5.32 Å². The van der Waals surface area contributed by atoms with Crippen LogP contribution in [0.1, 0.15) is 64.4 Å². The lowest BCUT2D eigenvalue weighted by molar-refractivity contribution is -0.127. The molecule has 1 unspecified atom stereocenters. The normalized spacial score (nSPS) is 23.0. The molecule has 0 heterocycles. The molecule has 0 aliphatic heterocycles. The first-order valence-corrected chi connectivity index (χ1v) is 9.58. The van der Waals surface area contributed by atoms with Crippen LogP contribution in [-0.2, 0) is 15.1 Å². The smallest absolute Gasteiger partial charge is 0.223 e. The van der Waals surface area contributed by atoms with Gasteiger partial charge in [-0.2, -0.15) is 0 Å². The van der Waals surface area contributed by atoms with E-state index in [4.69, 9.17) is 4.74 Å². The second-order valence-corrected chi connectivity index (χ2v) is 7.49. The van der Waals surface area contributed by atoms with Gasteiger partial charge in [0.25, 0.3) is 0 Å². The number of amides is 1. The predicted octanol–water partition coefficient (Wildman–Crippen LogP) is 4.80. The molecule has 1 aromatic rings. The van der Waals surface area contributed by atoms with Gasteiger partial charge in [0.15, 0.2) is 0 Å². The van der Waals surface area contributed by atoms with Crippen molar-refractivity contribution in [3.8, 4) is 0 Å². The third-order valence-electron chi connectivity index (χ3n) is 5.68. The highest BCUT2D eigenvalue weighted by atomic mass is 19.1. The lowest BCUT2D eigenvalue weighted by atomic mass is 9.79. The van der Waals surface area contributed by atoms with Gasteiger partial charge < -0.3 is 10.1 Å². The van der Waals surface area contributed by atoms with E-state index in [0.29, 0.717) is 5.56 Å². The molecule has 1 aromatic carbocycles. The lowest BCUT2D eigenvalue weighted by Gasteiger charge is -2.32. The van der Waals surface area contributed by atoms with Crippen LogP contribution in [0.2, 0.25) is 0 Å². The van der Waals surface area contributed by atoms with Crippen molar-refractivity contribution in [2.24, 2.45) is 11.8 Å². The number of nitrogens with one attached hydrogen (secondary N) is 1. The Kier molecular flexibility index (Phi) is 7.42. The number of halogens is 1. The highest BCUT2D eigenvalue weighted by Gasteiger charge is 2.32. The summed E-state index contributed by atoms with van der Waals surface area (Å²) in [7, 11) is 1.55. The third-order valence-corrected chi connectivity index (χ3v) is 5.68. The number of ether oxygens (including phenoxy) is 1. The fraction of sp³-hybridized carbons (Fsp3) is 0.667. The molecule has 25 heavy (non-hydrogen) atoms. The summed E-state index contributed by atoms with van der Waals surface area (Å²) in [6, 6.07) is 6.58. The van der Waals surface area contributed by atoms with E-state index in [9.17, 15) is 9.18 Å². The zero-order chi connectivity index (χ0) is 18.3. The summed E-state index contributed by atoms with van der Waals surface area (Å²) < 4.78 is 19.7. The fourth-order valence-corrected chi connectivity index (χ4v) is 3.77. The Balaban J connectivity index is 1.87. The van der Waals surface area contributed by atoms with Gasteiger partial charge in [-0.25, -0.2) is 4.39 Å². The van der Waals surface area contributed by atoms with Crippen LogP contribution < -0.4 is 5.32 Å². The average molecular weight is 349 g/mol. The van der Waals surface area contributed by atoms with Crippen molar-refractivity contribution in [3.63, 3.8) is 0 Å². The molecule has 0 radical (unpaired) electrons. The monoisotopic (exact) mass is 349 g/mol. The van der Waals surface area contributed by atoms with E-state index in [2.05, 4.69) is 12.2 Å². The number of carbonyl (C=O) groups excluding carboxylic acids is 1. The highest BCUT2D eigenvalue weighted by Crippen LogP contribution is 2.32. The number of benzene rings is 1. The minimum absolute atomic E-state index is 0.0774. The van der Waals surface area contributed by atoms with Crippen molar-refractivity contribution in [2.45, 2.75) is 64.4 Å². The van der Waals surface area contributed by atoms with Crippen LogP contribution >= 0.6 is 0 Å². The van der Waals surface area contributed by atoms with Gasteiger partial charge in [0, 0.05) is 18.6 Å². The Labute approximate surface area is 151 Å². The van der Waals surface area contributed by atoms with Crippen LogP contribution in [0.15, 0.2) is 24.3 Å². The molecule has 140 valence electrons. The first kappa shape index (κ1) is 19.9. The standard InChI is InChI=1S/C21H32FNO2/c1-4-5-8-16-11-13-17(14-12-16)20(24)23-15-21(2,25-3)18-9-6-7-10-19(18)22/h6-7,9-10,16-17H,4-5,8,11-15H2,1-3H3,(H,23,24). The molecular formula is C21H32FNO2. The molecule has 0 saturated heterocycles. The SMILES string of the molecule is CCCCC1CCC(C(=O)NCC(C)(OC)c2ccccc2F)CC1. The summed E-state index contributed by atoms with van der Waals surface area (Å²) in [6.45, 7) is 4.31. The molecule has 1 saturated carbocycles. The Bertz CT molecular complexity index is 555. The van der Waals surface area contributed by atoms with Crippen molar-refractivity contribution in [3.05, 3.63) is 35.6 Å². The van der Waals surface area contributed by atoms with E-state index in [1.54, 1.807) is 25.3 Å². The molecule has 1 fully saturated rings. The largest absolute Gasteiger partial charge is 0.372 e. The van der Waals surface area contributed by atoms with Crippen LogP contribution in [0.25, 0.3) is 0 Å². The molecule has 1 N–H and O–H groups in total. The quantitative estimate of drug-likeness (QED) is 0.732. The maximum absolute atomic E-state index is 14.1. The molecule has 0 spiro atoms. The van der Waals surface area contributed by atoms with E-state index in [-0.39, 0.29) is 24.2 Å². The summed E-state index contributed by atoms with van der Waals surface area (Å²) in [4.78, 5) is 12.5. The third kappa shape index (κ3) is 5.27. The second-order valence-electron chi connectivity index (χ2n) is 7.49. The summed E-state index contributed by atoms with van der Waals surface area (Å²) in [5, 5.41) is 3.00. The Morgan fingerprint density at radius 1 is 1.28 bits per heavy atom. The average Bonchev–Trinajstić information content (AvgIpc) is 2.65. The maximum Gasteiger partial charge on any atom is 0.223 e. The predicted molar refractivity (Wildman–Crippen MR) is 98.7 cm³/mol. The van der Waals surface area contributed by atoms with Gasteiger partial charge in [-0.15, -0.1) is 0 Å². The highest BCUT2D eigenvalue weighted by molar-refractivity contribution is 5.78. The van der Waals surface area contributed by atoms with E-state index >= 15 is 0 Å². The lowest BCUT2D eigenvalue weighted by Crippen LogP contribution is -2.43. The molecule has 0 aromatic heterocycles. The molecule has 4 heteroatoms. The molecule has 3 nitrogen and oxygen atoms in total. The van der Waals surface area contributed by atoms with Gasteiger partial charge in [-0.05, 0) is 44.6 Å². The van der Waals surface area contributed by atoms with E-state index < -0.39 is 5.60 Å². The number of hydrogen-bond acceptors (Lipinski definition) is 2. The first-order valence-electron chi connectivity index (χ1n) is 9.58. The van der Waals surface area contributed by atoms with Crippen molar-refractivity contribution >= 4 is 5.91 Å². The van der Waals surface area contributed by atoms with Crippen LogP contribution in [-0.4, -0.2) is 19.6 Å². The summed E-state index contributed by atoms with van der Waals surface area (Å²) in [5.74, 6) is 0.636. The zero-order valence-corrected chi connectivity index (χ0v) is 15.8. The Hall–Kier alpha value is -1.42.